The van der Waals surface area contributed by atoms with Gasteiger partial charge in [0, 0.05) is 29.1 Å². The van der Waals surface area contributed by atoms with Crippen molar-refractivity contribution in [3.05, 3.63) is 27.8 Å². The third-order valence-electron chi connectivity index (χ3n) is 4.08. The van der Waals surface area contributed by atoms with Crippen LogP contribution in [0.3, 0.4) is 0 Å². The predicted molar refractivity (Wildman–Crippen MR) is 88.8 cm³/mol. The fourth-order valence-electron chi connectivity index (χ4n) is 1.60. The zero-order valence-electron chi connectivity index (χ0n) is 14.1. The van der Waals surface area contributed by atoms with Crippen molar-refractivity contribution in [3.8, 4) is 5.75 Å². The van der Waals surface area contributed by atoms with Crippen molar-refractivity contribution in [2.75, 3.05) is 0 Å². The molecule has 0 aliphatic heterocycles. The van der Waals surface area contributed by atoms with E-state index in [0.29, 0.717) is 0 Å². The Morgan fingerprint density at radius 3 is 2.39 bits per heavy atom. The Labute approximate surface area is 140 Å². The van der Waals surface area contributed by atoms with Gasteiger partial charge < -0.3 is 14.0 Å². The van der Waals surface area contributed by atoms with Crippen LogP contribution >= 0.6 is 12.0 Å². The van der Waals surface area contributed by atoms with E-state index in [1.807, 2.05) is 0 Å². The summed E-state index contributed by atoms with van der Waals surface area (Å²) in [5.41, 5.74) is -1.11. The van der Waals surface area contributed by atoms with E-state index in [-0.39, 0.29) is 17.5 Å². The zero-order chi connectivity index (χ0) is 17.4. The Bertz CT molecular complexity index is 605. The normalized spacial score (nSPS) is 15.6. The Hall–Kier alpha value is -1.31. The van der Waals surface area contributed by atoms with Crippen molar-refractivity contribution in [1.29, 1.82) is 0 Å². The Morgan fingerprint density at radius 2 is 1.91 bits per heavy atom. The average molecular weight is 341 g/mol. The number of aliphatic hydroxyl groups is 1. The standard InChI is InChI=1S/C16H23NO5S/c1-10-8-12(17(19)20)13(21-11-6-7-11)9-14(10)23-22-16(4,5)15(2,3)18/h8-9,11,18H,6-7H2,1-5H3. The second-order valence-electron chi connectivity index (χ2n) is 6.90. The predicted octanol–water partition coefficient (Wildman–Crippen LogP) is 4.02. The Morgan fingerprint density at radius 1 is 1.30 bits per heavy atom. The molecule has 0 saturated heterocycles. The number of aryl methyl sites for hydroxylation is 1. The van der Waals surface area contributed by atoms with Gasteiger partial charge in [-0.1, -0.05) is 0 Å². The molecule has 0 heterocycles. The van der Waals surface area contributed by atoms with Gasteiger partial charge in [0.15, 0.2) is 5.75 Å². The first kappa shape index (κ1) is 18.0. The third kappa shape index (κ3) is 4.37. The number of hydrogen-bond donors (Lipinski definition) is 1. The molecule has 0 spiro atoms. The summed E-state index contributed by atoms with van der Waals surface area (Å²) in [6.45, 7) is 8.73. The molecule has 7 heteroatoms. The lowest BCUT2D eigenvalue weighted by Gasteiger charge is -2.36. The molecular formula is C16H23NO5S. The van der Waals surface area contributed by atoms with Gasteiger partial charge in [-0.25, -0.2) is 0 Å². The number of hydrogen-bond acceptors (Lipinski definition) is 6. The summed E-state index contributed by atoms with van der Waals surface area (Å²) < 4.78 is 11.4. The van der Waals surface area contributed by atoms with E-state index in [0.717, 1.165) is 35.3 Å². The number of ether oxygens (including phenoxy) is 1. The topological polar surface area (TPSA) is 81.8 Å². The highest BCUT2D eigenvalue weighted by Gasteiger charge is 2.37. The Kier molecular flexibility index (Phi) is 4.94. The number of benzene rings is 1. The molecule has 6 nitrogen and oxygen atoms in total. The maximum atomic E-state index is 11.2. The van der Waals surface area contributed by atoms with Crippen LogP contribution in [0.15, 0.2) is 17.0 Å². The molecule has 0 atom stereocenters. The van der Waals surface area contributed by atoms with Gasteiger partial charge in [0.2, 0.25) is 0 Å². The van der Waals surface area contributed by atoms with Crippen LogP contribution < -0.4 is 4.74 Å². The van der Waals surface area contributed by atoms with Crippen LogP contribution in [-0.2, 0) is 4.18 Å². The summed E-state index contributed by atoms with van der Waals surface area (Å²) in [6.07, 6.45) is 1.92. The molecule has 0 unspecified atom stereocenters. The van der Waals surface area contributed by atoms with Gasteiger partial charge >= 0.3 is 5.69 Å². The van der Waals surface area contributed by atoms with Crippen molar-refractivity contribution in [1.82, 2.24) is 0 Å². The van der Waals surface area contributed by atoms with Crippen molar-refractivity contribution >= 4 is 17.7 Å². The Balaban J connectivity index is 2.23. The summed E-state index contributed by atoms with van der Waals surface area (Å²) in [5, 5.41) is 21.3. The highest BCUT2D eigenvalue weighted by Crippen LogP contribution is 2.40. The van der Waals surface area contributed by atoms with Crippen LogP contribution in [0.25, 0.3) is 0 Å². The van der Waals surface area contributed by atoms with Gasteiger partial charge in [-0.05, 0) is 53.0 Å². The number of nitrogens with zero attached hydrogens (tertiary/aromatic N) is 1. The molecule has 128 valence electrons. The summed E-state index contributed by atoms with van der Waals surface area (Å²) in [6, 6.07) is 3.15. The highest BCUT2D eigenvalue weighted by molar-refractivity contribution is 7.94. The molecule has 2 rings (SSSR count). The van der Waals surface area contributed by atoms with Gasteiger partial charge in [0.1, 0.15) is 5.60 Å². The number of rotatable bonds is 7. The second kappa shape index (κ2) is 6.30. The first-order valence-electron chi connectivity index (χ1n) is 7.55. The minimum Gasteiger partial charge on any atom is -0.483 e. The molecule has 1 aromatic rings. The molecule has 0 aromatic heterocycles. The SMILES string of the molecule is Cc1cc([N+](=O)[O-])c(OC2CC2)cc1SOC(C)(C)C(C)(C)O. The van der Waals surface area contributed by atoms with Gasteiger partial charge in [-0.15, -0.1) is 0 Å². The molecule has 1 aliphatic carbocycles. The van der Waals surface area contributed by atoms with Crippen molar-refractivity contribution in [2.24, 2.45) is 0 Å². The smallest absolute Gasteiger partial charge is 0.311 e. The van der Waals surface area contributed by atoms with Crippen molar-refractivity contribution in [2.45, 2.75) is 69.7 Å². The molecule has 1 aromatic carbocycles. The van der Waals surface area contributed by atoms with Crippen molar-refractivity contribution in [3.63, 3.8) is 0 Å². The lowest BCUT2D eigenvalue weighted by atomic mass is 9.90. The van der Waals surface area contributed by atoms with Crippen LogP contribution in [0.2, 0.25) is 0 Å². The summed E-state index contributed by atoms with van der Waals surface area (Å²) in [5.74, 6) is 0.273. The number of nitro benzene ring substituents is 1. The fourth-order valence-corrected chi connectivity index (χ4v) is 2.45. The number of nitro groups is 1. The third-order valence-corrected chi connectivity index (χ3v) is 5.20. The van der Waals surface area contributed by atoms with Crippen LogP contribution in [0, 0.1) is 17.0 Å². The van der Waals surface area contributed by atoms with Gasteiger partial charge in [0.05, 0.1) is 16.6 Å². The lowest BCUT2D eigenvalue weighted by Crippen LogP contribution is -2.45. The molecule has 1 N–H and O–H groups in total. The van der Waals surface area contributed by atoms with Crippen LogP contribution in [0.4, 0.5) is 5.69 Å². The quantitative estimate of drug-likeness (QED) is 0.458. The maximum Gasteiger partial charge on any atom is 0.311 e. The van der Waals surface area contributed by atoms with Crippen LogP contribution in [0.5, 0.6) is 5.75 Å². The molecule has 1 saturated carbocycles. The van der Waals surface area contributed by atoms with E-state index >= 15 is 0 Å². The molecule has 0 radical (unpaired) electrons. The summed E-state index contributed by atoms with van der Waals surface area (Å²) in [4.78, 5) is 11.5. The molecular weight excluding hydrogens is 318 g/mol. The summed E-state index contributed by atoms with van der Waals surface area (Å²) >= 11 is 1.10. The van der Waals surface area contributed by atoms with Crippen LogP contribution in [-0.4, -0.2) is 27.3 Å². The molecule has 23 heavy (non-hydrogen) atoms. The fraction of sp³-hybridized carbons (Fsp3) is 0.625. The highest BCUT2D eigenvalue weighted by atomic mass is 32.2. The van der Waals surface area contributed by atoms with E-state index < -0.39 is 16.1 Å². The molecule has 1 aliphatic rings. The largest absolute Gasteiger partial charge is 0.483 e. The van der Waals surface area contributed by atoms with E-state index in [2.05, 4.69) is 0 Å². The molecule has 0 bridgehead atoms. The second-order valence-corrected chi connectivity index (χ2v) is 7.67. The van der Waals surface area contributed by atoms with E-state index in [1.165, 1.54) is 6.07 Å². The van der Waals surface area contributed by atoms with Gasteiger partial charge in [-0.3, -0.25) is 10.1 Å². The minimum absolute atomic E-state index is 0.0273. The monoisotopic (exact) mass is 341 g/mol. The minimum atomic E-state index is -1.03. The van der Waals surface area contributed by atoms with Gasteiger partial charge in [-0.2, -0.15) is 0 Å². The van der Waals surface area contributed by atoms with E-state index in [1.54, 1.807) is 40.7 Å². The van der Waals surface area contributed by atoms with Crippen LogP contribution in [0.1, 0.15) is 46.1 Å². The summed E-state index contributed by atoms with van der Waals surface area (Å²) in [7, 11) is 0. The van der Waals surface area contributed by atoms with Gasteiger partial charge in [0.25, 0.3) is 0 Å². The molecule has 1 fully saturated rings. The molecule has 0 amide bonds. The van der Waals surface area contributed by atoms with E-state index in [4.69, 9.17) is 8.92 Å². The first-order valence-corrected chi connectivity index (χ1v) is 8.29. The maximum absolute atomic E-state index is 11.2. The van der Waals surface area contributed by atoms with E-state index in [9.17, 15) is 15.2 Å². The van der Waals surface area contributed by atoms with Crippen molar-refractivity contribution < 1.29 is 18.9 Å². The first-order chi connectivity index (χ1) is 10.5. The average Bonchev–Trinajstić information content (AvgIpc) is 3.21. The zero-order valence-corrected chi connectivity index (χ0v) is 14.9. The lowest BCUT2D eigenvalue weighted by molar-refractivity contribution is -0.386.